The number of hydrogen-bond donors (Lipinski definition) is 1. The predicted octanol–water partition coefficient (Wildman–Crippen LogP) is 3.66. The SMILES string of the molecule is Cc1nc(CC(N)c2ccc(C)c(Cl)c2)cs1. The minimum absolute atomic E-state index is 0.0467. The van der Waals surface area contributed by atoms with Crippen molar-refractivity contribution in [3.63, 3.8) is 0 Å². The van der Waals surface area contributed by atoms with Crippen molar-refractivity contribution < 1.29 is 0 Å². The van der Waals surface area contributed by atoms with Crippen LogP contribution in [0.15, 0.2) is 23.6 Å². The van der Waals surface area contributed by atoms with E-state index in [1.807, 2.05) is 32.0 Å². The number of benzene rings is 1. The smallest absolute Gasteiger partial charge is 0.0897 e. The van der Waals surface area contributed by atoms with Gasteiger partial charge < -0.3 is 5.73 Å². The summed E-state index contributed by atoms with van der Waals surface area (Å²) in [7, 11) is 0. The molecule has 1 heterocycles. The molecule has 0 radical (unpaired) electrons. The summed E-state index contributed by atoms with van der Waals surface area (Å²) in [6.45, 7) is 3.99. The Morgan fingerprint density at radius 1 is 1.41 bits per heavy atom. The van der Waals surface area contributed by atoms with Crippen LogP contribution < -0.4 is 5.73 Å². The summed E-state index contributed by atoms with van der Waals surface area (Å²) in [5.74, 6) is 0. The van der Waals surface area contributed by atoms with Crippen molar-refractivity contribution in [3.8, 4) is 0 Å². The van der Waals surface area contributed by atoms with Gasteiger partial charge in [-0.05, 0) is 31.0 Å². The molecule has 1 aromatic carbocycles. The third kappa shape index (κ3) is 3.06. The maximum Gasteiger partial charge on any atom is 0.0897 e. The Kier molecular flexibility index (Phi) is 3.82. The number of thiazole rings is 1. The third-order valence-corrected chi connectivity index (χ3v) is 3.95. The molecule has 2 rings (SSSR count). The molecule has 2 aromatic rings. The highest BCUT2D eigenvalue weighted by molar-refractivity contribution is 7.09. The number of aromatic nitrogens is 1. The Bertz CT molecular complexity index is 522. The minimum atomic E-state index is -0.0467. The Hall–Kier alpha value is -0.900. The molecule has 2 nitrogen and oxygen atoms in total. The number of nitrogens with two attached hydrogens (primary N) is 1. The van der Waals surface area contributed by atoms with Crippen LogP contribution in [0.3, 0.4) is 0 Å². The normalized spacial score (nSPS) is 12.7. The third-order valence-electron chi connectivity index (χ3n) is 2.72. The van der Waals surface area contributed by atoms with Crippen LogP contribution in [0, 0.1) is 13.8 Å². The van der Waals surface area contributed by atoms with Crippen molar-refractivity contribution in [1.82, 2.24) is 4.98 Å². The second-order valence-electron chi connectivity index (χ2n) is 4.18. The van der Waals surface area contributed by atoms with Crippen molar-refractivity contribution in [2.75, 3.05) is 0 Å². The molecule has 0 aliphatic rings. The summed E-state index contributed by atoms with van der Waals surface area (Å²) in [5, 5.41) is 3.91. The molecule has 0 bridgehead atoms. The fourth-order valence-corrected chi connectivity index (χ4v) is 2.50. The molecule has 17 heavy (non-hydrogen) atoms. The van der Waals surface area contributed by atoms with E-state index in [4.69, 9.17) is 17.3 Å². The molecule has 1 unspecified atom stereocenters. The molecule has 1 atom stereocenters. The molecule has 1 aromatic heterocycles. The molecule has 0 amide bonds. The summed E-state index contributed by atoms with van der Waals surface area (Å²) < 4.78 is 0. The Morgan fingerprint density at radius 2 is 2.18 bits per heavy atom. The molecule has 0 fully saturated rings. The summed E-state index contributed by atoms with van der Waals surface area (Å²) in [6, 6.07) is 5.94. The van der Waals surface area contributed by atoms with E-state index in [1.165, 1.54) is 0 Å². The number of halogens is 1. The zero-order valence-electron chi connectivity index (χ0n) is 9.90. The summed E-state index contributed by atoms with van der Waals surface area (Å²) >= 11 is 7.75. The quantitative estimate of drug-likeness (QED) is 0.921. The van der Waals surface area contributed by atoms with Crippen LogP contribution in [0.4, 0.5) is 0 Å². The lowest BCUT2D eigenvalue weighted by Gasteiger charge is -2.11. The lowest BCUT2D eigenvalue weighted by Crippen LogP contribution is -2.13. The minimum Gasteiger partial charge on any atom is -0.324 e. The number of rotatable bonds is 3. The molecule has 4 heteroatoms. The summed E-state index contributed by atoms with van der Waals surface area (Å²) in [5.41, 5.74) is 9.35. The van der Waals surface area contributed by atoms with Crippen molar-refractivity contribution in [2.24, 2.45) is 5.73 Å². The average Bonchev–Trinajstić information content (AvgIpc) is 2.68. The van der Waals surface area contributed by atoms with Crippen LogP contribution in [-0.4, -0.2) is 4.98 Å². The predicted molar refractivity (Wildman–Crippen MR) is 73.7 cm³/mol. The number of hydrogen-bond acceptors (Lipinski definition) is 3. The monoisotopic (exact) mass is 266 g/mol. The molecule has 0 aliphatic carbocycles. The summed E-state index contributed by atoms with van der Waals surface area (Å²) in [6.07, 6.45) is 0.754. The van der Waals surface area contributed by atoms with Crippen molar-refractivity contribution in [1.29, 1.82) is 0 Å². The van der Waals surface area contributed by atoms with Crippen molar-refractivity contribution in [3.05, 3.63) is 50.4 Å². The standard InChI is InChI=1S/C13H15ClN2S/c1-8-3-4-10(5-12(8)14)13(15)6-11-7-17-9(2)16-11/h3-5,7,13H,6,15H2,1-2H3. The Labute approximate surface area is 110 Å². The zero-order valence-corrected chi connectivity index (χ0v) is 11.5. The van der Waals surface area contributed by atoms with Crippen LogP contribution in [-0.2, 0) is 6.42 Å². The van der Waals surface area contributed by atoms with E-state index >= 15 is 0 Å². The van der Waals surface area contributed by atoms with Crippen LogP contribution in [0.2, 0.25) is 5.02 Å². The van der Waals surface area contributed by atoms with E-state index in [0.717, 1.165) is 33.3 Å². The average molecular weight is 267 g/mol. The molecular formula is C13H15ClN2S. The number of nitrogens with zero attached hydrogens (tertiary/aromatic N) is 1. The first-order valence-electron chi connectivity index (χ1n) is 5.49. The van der Waals surface area contributed by atoms with Gasteiger partial charge >= 0.3 is 0 Å². The number of aryl methyl sites for hydroxylation is 2. The van der Waals surface area contributed by atoms with E-state index in [0.29, 0.717) is 0 Å². The molecule has 90 valence electrons. The highest BCUT2D eigenvalue weighted by Gasteiger charge is 2.10. The first kappa shape index (κ1) is 12.6. The molecule has 0 spiro atoms. The fraction of sp³-hybridized carbons (Fsp3) is 0.308. The zero-order chi connectivity index (χ0) is 12.4. The second-order valence-corrected chi connectivity index (χ2v) is 5.65. The van der Waals surface area contributed by atoms with E-state index in [1.54, 1.807) is 11.3 Å². The lowest BCUT2D eigenvalue weighted by molar-refractivity contribution is 0.709. The van der Waals surface area contributed by atoms with E-state index in [9.17, 15) is 0 Å². The largest absolute Gasteiger partial charge is 0.324 e. The van der Waals surface area contributed by atoms with Gasteiger partial charge in [0, 0.05) is 22.9 Å². The van der Waals surface area contributed by atoms with Gasteiger partial charge in [0.15, 0.2) is 0 Å². The molecular weight excluding hydrogens is 252 g/mol. The maximum atomic E-state index is 6.16. The molecule has 0 aliphatic heterocycles. The topological polar surface area (TPSA) is 38.9 Å². The van der Waals surface area contributed by atoms with Crippen molar-refractivity contribution in [2.45, 2.75) is 26.3 Å². The second kappa shape index (κ2) is 5.17. The van der Waals surface area contributed by atoms with Gasteiger partial charge in [0.1, 0.15) is 0 Å². The van der Waals surface area contributed by atoms with E-state index in [-0.39, 0.29) is 6.04 Å². The van der Waals surface area contributed by atoms with Gasteiger partial charge in [-0.25, -0.2) is 4.98 Å². The van der Waals surface area contributed by atoms with Crippen LogP contribution >= 0.6 is 22.9 Å². The summed E-state index contributed by atoms with van der Waals surface area (Å²) in [4.78, 5) is 4.42. The molecule has 0 saturated heterocycles. The first-order chi connectivity index (χ1) is 8.06. The van der Waals surface area contributed by atoms with Gasteiger partial charge in [0.25, 0.3) is 0 Å². The van der Waals surface area contributed by atoms with Gasteiger partial charge in [-0.3, -0.25) is 0 Å². The van der Waals surface area contributed by atoms with Gasteiger partial charge in [-0.15, -0.1) is 11.3 Å². The van der Waals surface area contributed by atoms with E-state index in [2.05, 4.69) is 10.4 Å². The molecule has 0 saturated carbocycles. The Balaban J connectivity index is 2.14. The van der Waals surface area contributed by atoms with E-state index < -0.39 is 0 Å². The lowest BCUT2D eigenvalue weighted by atomic mass is 10.0. The van der Waals surface area contributed by atoms with Crippen molar-refractivity contribution >= 4 is 22.9 Å². The van der Waals surface area contributed by atoms with Crippen LogP contribution in [0.25, 0.3) is 0 Å². The van der Waals surface area contributed by atoms with Crippen LogP contribution in [0.1, 0.15) is 27.9 Å². The van der Waals surface area contributed by atoms with Gasteiger partial charge in [-0.2, -0.15) is 0 Å². The fourth-order valence-electron chi connectivity index (χ4n) is 1.68. The van der Waals surface area contributed by atoms with Gasteiger partial charge in [0.05, 0.1) is 10.7 Å². The van der Waals surface area contributed by atoms with Gasteiger partial charge in [-0.1, -0.05) is 23.7 Å². The maximum absolute atomic E-state index is 6.16. The highest BCUT2D eigenvalue weighted by atomic mass is 35.5. The molecule has 2 N–H and O–H groups in total. The Morgan fingerprint density at radius 3 is 2.76 bits per heavy atom. The van der Waals surface area contributed by atoms with Gasteiger partial charge in [0.2, 0.25) is 0 Å². The highest BCUT2D eigenvalue weighted by Crippen LogP contribution is 2.23. The van der Waals surface area contributed by atoms with Crippen LogP contribution in [0.5, 0.6) is 0 Å². The first-order valence-corrected chi connectivity index (χ1v) is 6.74.